The van der Waals surface area contributed by atoms with Gasteiger partial charge >= 0.3 is 0 Å². The first kappa shape index (κ1) is 17.7. The summed E-state index contributed by atoms with van der Waals surface area (Å²) in [5, 5.41) is 13.8. The fraction of sp³-hybridized carbons (Fsp3) is 0.529. The molecule has 2 aliphatic rings. The molecule has 1 N–H and O–H groups in total. The van der Waals surface area contributed by atoms with Crippen LogP contribution in [0.25, 0.3) is 0 Å². The lowest BCUT2D eigenvalue weighted by atomic mass is 9.96. The largest absolute Gasteiger partial charge is 0.356 e. The molecule has 2 amide bonds. The molecule has 1 aromatic rings. The minimum Gasteiger partial charge on any atom is -0.356 e. The Hall–Kier alpha value is -2.15. The fourth-order valence-corrected chi connectivity index (χ4v) is 3.30. The van der Waals surface area contributed by atoms with Gasteiger partial charge in [0.25, 0.3) is 11.6 Å². The number of hydrogen-bond acceptors (Lipinski definition) is 4. The first-order chi connectivity index (χ1) is 12.0. The first-order valence-electron chi connectivity index (χ1n) is 8.46. The highest BCUT2D eigenvalue weighted by molar-refractivity contribution is 6.34. The van der Waals surface area contributed by atoms with Crippen molar-refractivity contribution in [2.45, 2.75) is 25.7 Å². The van der Waals surface area contributed by atoms with Gasteiger partial charge in [0.05, 0.1) is 21.4 Å². The van der Waals surface area contributed by atoms with Crippen LogP contribution in [0.3, 0.4) is 0 Å². The second-order valence-electron chi connectivity index (χ2n) is 6.70. The molecule has 25 heavy (non-hydrogen) atoms. The van der Waals surface area contributed by atoms with Gasteiger partial charge in [0.15, 0.2) is 0 Å². The summed E-state index contributed by atoms with van der Waals surface area (Å²) in [6, 6.07) is 3.82. The van der Waals surface area contributed by atoms with Crippen LogP contribution in [0, 0.1) is 22.0 Å². The normalized spacial score (nSPS) is 20.2. The van der Waals surface area contributed by atoms with E-state index < -0.39 is 4.92 Å². The average molecular weight is 366 g/mol. The number of benzene rings is 1. The molecule has 1 aromatic carbocycles. The van der Waals surface area contributed by atoms with Gasteiger partial charge in [0, 0.05) is 31.8 Å². The number of hydrogen-bond donors (Lipinski definition) is 1. The Morgan fingerprint density at radius 2 is 2.08 bits per heavy atom. The smallest absolute Gasteiger partial charge is 0.270 e. The number of non-ortho nitro benzene ring substituents is 1. The van der Waals surface area contributed by atoms with Gasteiger partial charge in [-0.05, 0) is 37.7 Å². The van der Waals surface area contributed by atoms with Crippen molar-refractivity contribution in [1.29, 1.82) is 0 Å². The predicted molar refractivity (Wildman–Crippen MR) is 92.5 cm³/mol. The van der Waals surface area contributed by atoms with Crippen LogP contribution in [-0.4, -0.2) is 41.3 Å². The van der Waals surface area contributed by atoms with Crippen molar-refractivity contribution in [3.8, 4) is 0 Å². The monoisotopic (exact) mass is 365 g/mol. The van der Waals surface area contributed by atoms with Crippen LogP contribution in [0.4, 0.5) is 5.69 Å². The molecule has 1 saturated carbocycles. The van der Waals surface area contributed by atoms with Crippen LogP contribution < -0.4 is 5.32 Å². The standard InChI is InChI=1S/C17H20ClN3O4/c18-15-8-13(21(24)25)5-6-14(15)17(23)20-7-1-2-12(10-20)16(22)19-9-11-3-4-11/h5-6,8,11-12H,1-4,7,9-10H2,(H,19,22). The molecule has 134 valence electrons. The van der Waals surface area contributed by atoms with Crippen LogP contribution in [-0.2, 0) is 4.79 Å². The summed E-state index contributed by atoms with van der Waals surface area (Å²) in [4.78, 5) is 36.8. The Morgan fingerprint density at radius 1 is 1.32 bits per heavy atom. The highest BCUT2D eigenvalue weighted by Crippen LogP contribution is 2.28. The molecule has 3 rings (SSSR count). The number of carbonyl (C=O) groups is 2. The van der Waals surface area contributed by atoms with Crippen LogP contribution >= 0.6 is 11.6 Å². The maximum absolute atomic E-state index is 12.7. The molecule has 0 radical (unpaired) electrons. The van der Waals surface area contributed by atoms with Crippen LogP contribution in [0.5, 0.6) is 0 Å². The van der Waals surface area contributed by atoms with Crippen molar-refractivity contribution < 1.29 is 14.5 Å². The Morgan fingerprint density at radius 3 is 2.72 bits per heavy atom. The minimum atomic E-state index is -0.554. The Labute approximate surface area is 150 Å². The molecule has 8 heteroatoms. The lowest BCUT2D eigenvalue weighted by molar-refractivity contribution is -0.384. The maximum atomic E-state index is 12.7. The van der Waals surface area contributed by atoms with E-state index in [0.29, 0.717) is 19.0 Å². The van der Waals surface area contributed by atoms with Gasteiger partial charge in [-0.15, -0.1) is 0 Å². The van der Waals surface area contributed by atoms with Crippen LogP contribution in [0.15, 0.2) is 18.2 Å². The minimum absolute atomic E-state index is 0.000744. The summed E-state index contributed by atoms with van der Waals surface area (Å²) in [5.41, 5.74) is 0.0730. The summed E-state index contributed by atoms with van der Waals surface area (Å²) in [6.45, 7) is 1.62. The molecule has 1 aliphatic carbocycles. The number of amides is 2. The van der Waals surface area contributed by atoms with Gasteiger partial charge in [-0.3, -0.25) is 19.7 Å². The summed E-state index contributed by atoms with van der Waals surface area (Å²) in [5.74, 6) is 0.108. The zero-order valence-corrected chi connectivity index (χ0v) is 14.5. The Balaban J connectivity index is 1.65. The summed E-state index contributed by atoms with van der Waals surface area (Å²) in [7, 11) is 0. The summed E-state index contributed by atoms with van der Waals surface area (Å²) < 4.78 is 0. The molecule has 2 fully saturated rings. The molecule has 0 aromatic heterocycles. The second kappa shape index (κ2) is 7.39. The third-order valence-electron chi connectivity index (χ3n) is 4.74. The molecule has 1 aliphatic heterocycles. The van der Waals surface area contributed by atoms with E-state index in [1.807, 2.05) is 0 Å². The van der Waals surface area contributed by atoms with Crippen molar-refractivity contribution in [1.82, 2.24) is 10.2 Å². The Bertz CT molecular complexity index is 705. The van der Waals surface area contributed by atoms with E-state index >= 15 is 0 Å². The quantitative estimate of drug-likeness (QED) is 0.641. The number of likely N-dealkylation sites (tertiary alicyclic amines) is 1. The van der Waals surface area contributed by atoms with E-state index in [1.165, 1.54) is 31.0 Å². The Kier molecular flexibility index (Phi) is 5.22. The lowest BCUT2D eigenvalue weighted by Crippen LogP contribution is -2.45. The molecule has 7 nitrogen and oxygen atoms in total. The average Bonchev–Trinajstić information content (AvgIpc) is 3.43. The van der Waals surface area contributed by atoms with Gasteiger partial charge < -0.3 is 10.2 Å². The fourth-order valence-electron chi connectivity index (χ4n) is 3.05. The van der Waals surface area contributed by atoms with Crippen molar-refractivity contribution in [3.05, 3.63) is 38.9 Å². The first-order valence-corrected chi connectivity index (χ1v) is 8.84. The van der Waals surface area contributed by atoms with Crippen molar-refractivity contribution in [2.24, 2.45) is 11.8 Å². The number of nitro groups is 1. The van der Waals surface area contributed by atoms with Gasteiger partial charge in [0.1, 0.15) is 0 Å². The molecule has 0 spiro atoms. The number of piperidine rings is 1. The number of nitrogens with one attached hydrogen (secondary N) is 1. The van der Waals surface area contributed by atoms with E-state index in [0.717, 1.165) is 19.4 Å². The van der Waals surface area contributed by atoms with Gasteiger partial charge in [-0.2, -0.15) is 0 Å². The molecule has 0 bridgehead atoms. The zero-order valence-electron chi connectivity index (χ0n) is 13.7. The number of nitro benzene ring substituents is 1. The SMILES string of the molecule is O=C(NCC1CC1)C1CCCN(C(=O)c2ccc([N+](=O)[O-])cc2Cl)C1. The summed E-state index contributed by atoms with van der Waals surface area (Å²) in [6.07, 6.45) is 3.86. The summed E-state index contributed by atoms with van der Waals surface area (Å²) >= 11 is 6.05. The van der Waals surface area contributed by atoms with E-state index in [-0.39, 0.29) is 34.0 Å². The highest BCUT2D eigenvalue weighted by atomic mass is 35.5. The van der Waals surface area contributed by atoms with E-state index in [2.05, 4.69) is 5.32 Å². The lowest BCUT2D eigenvalue weighted by Gasteiger charge is -2.32. The van der Waals surface area contributed by atoms with Gasteiger partial charge in [0.2, 0.25) is 5.91 Å². The molecule has 1 saturated heterocycles. The van der Waals surface area contributed by atoms with Crippen molar-refractivity contribution in [2.75, 3.05) is 19.6 Å². The molecule has 1 atom stereocenters. The third kappa shape index (κ3) is 4.28. The zero-order chi connectivity index (χ0) is 18.0. The number of halogens is 1. The van der Waals surface area contributed by atoms with Crippen LogP contribution in [0.1, 0.15) is 36.0 Å². The van der Waals surface area contributed by atoms with Crippen molar-refractivity contribution >= 4 is 29.1 Å². The second-order valence-corrected chi connectivity index (χ2v) is 7.11. The number of carbonyl (C=O) groups excluding carboxylic acids is 2. The predicted octanol–water partition coefficient (Wildman–Crippen LogP) is 2.63. The van der Waals surface area contributed by atoms with E-state index in [9.17, 15) is 19.7 Å². The molecule has 1 unspecified atom stereocenters. The van der Waals surface area contributed by atoms with E-state index in [1.54, 1.807) is 4.90 Å². The number of rotatable bonds is 5. The molecular formula is C17H20ClN3O4. The van der Waals surface area contributed by atoms with Crippen LogP contribution in [0.2, 0.25) is 5.02 Å². The maximum Gasteiger partial charge on any atom is 0.270 e. The van der Waals surface area contributed by atoms with Gasteiger partial charge in [-0.1, -0.05) is 11.6 Å². The highest BCUT2D eigenvalue weighted by Gasteiger charge is 2.31. The number of nitrogens with zero attached hydrogens (tertiary/aromatic N) is 2. The molecular weight excluding hydrogens is 346 g/mol. The third-order valence-corrected chi connectivity index (χ3v) is 5.05. The topological polar surface area (TPSA) is 92.6 Å². The van der Waals surface area contributed by atoms with E-state index in [4.69, 9.17) is 11.6 Å². The van der Waals surface area contributed by atoms with Crippen molar-refractivity contribution in [3.63, 3.8) is 0 Å². The van der Waals surface area contributed by atoms with Gasteiger partial charge in [-0.25, -0.2) is 0 Å². The molecule has 1 heterocycles.